The highest BCUT2D eigenvalue weighted by atomic mass is 32.2. The first kappa shape index (κ1) is 24.4. The lowest BCUT2D eigenvalue weighted by atomic mass is 10.1. The van der Waals surface area contributed by atoms with Gasteiger partial charge in [-0.15, -0.1) is 0 Å². The van der Waals surface area contributed by atoms with Crippen molar-refractivity contribution >= 4 is 34.6 Å². The van der Waals surface area contributed by atoms with Crippen molar-refractivity contribution in [2.75, 3.05) is 32.4 Å². The summed E-state index contributed by atoms with van der Waals surface area (Å²) in [6.45, 7) is 4.83. The van der Waals surface area contributed by atoms with Crippen molar-refractivity contribution < 1.29 is 19.2 Å². The SMILES string of the molecule is CCNC(=O)C[C@H](NC(=O)CCCCCSC(C)=O)C(=O)NCCNC. The van der Waals surface area contributed by atoms with Gasteiger partial charge in [-0.25, -0.2) is 0 Å². The van der Waals surface area contributed by atoms with Crippen molar-refractivity contribution in [2.45, 2.75) is 52.0 Å². The van der Waals surface area contributed by atoms with Crippen LogP contribution in [0.15, 0.2) is 0 Å². The van der Waals surface area contributed by atoms with Gasteiger partial charge in [0.15, 0.2) is 5.12 Å². The van der Waals surface area contributed by atoms with Crippen LogP contribution in [0, 0.1) is 0 Å². The second kappa shape index (κ2) is 15.6. The monoisotopic (exact) mass is 388 g/mol. The first-order valence-electron chi connectivity index (χ1n) is 9.02. The number of nitrogens with one attached hydrogen (secondary N) is 4. The van der Waals surface area contributed by atoms with E-state index in [1.54, 1.807) is 14.0 Å². The van der Waals surface area contributed by atoms with Crippen molar-refractivity contribution in [3.8, 4) is 0 Å². The van der Waals surface area contributed by atoms with E-state index in [2.05, 4.69) is 21.3 Å². The molecule has 0 saturated heterocycles. The van der Waals surface area contributed by atoms with E-state index in [0.717, 1.165) is 18.6 Å². The Labute approximate surface area is 160 Å². The van der Waals surface area contributed by atoms with Crippen molar-refractivity contribution in [3.63, 3.8) is 0 Å². The quantitative estimate of drug-likeness (QED) is 0.315. The van der Waals surface area contributed by atoms with E-state index < -0.39 is 6.04 Å². The Hall–Kier alpha value is -1.61. The summed E-state index contributed by atoms with van der Waals surface area (Å²) in [5.74, 6) is -0.132. The number of unbranched alkanes of at least 4 members (excludes halogenated alkanes) is 2. The van der Waals surface area contributed by atoms with E-state index in [1.807, 2.05) is 0 Å². The number of hydrogen-bond acceptors (Lipinski definition) is 6. The van der Waals surface area contributed by atoms with Gasteiger partial charge in [0.25, 0.3) is 0 Å². The van der Waals surface area contributed by atoms with Gasteiger partial charge in [0.1, 0.15) is 6.04 Å². The third kappa shape index (κ3) is 13.7. The first-order chi connectivity index (χ1) is 12.4. The molecule has 0 bridgehead atoms. The molecule has 0 heterocycles. The minimum Gasteiger partial charge on any atom is -0.356 e. The minimum atomic E-state index is -0.876. The summed E-state index contributed by atoms with van der Waals surface area (Å²) in [7, 11) is 1.77. The average molecular weight is 389 g/mol. The lowest BCUT2D eigenvalue weighted by Crippen LogP contribution is -2.50. The molecule has 3 amide bonds. The number of likely N-dealkylation sites (N-methyl/N-ethyl adjacent to an activating group) is 1. The molecule has 26 heavy (non-hydrogen) atoms. The van der Waals surface area contributed by atoms with E-state index in [4.69, 9.17) is 0 Å². The maximum Gasteiger partial charge on any atom is 0.243 e. The molecule has 0 aliphatic carbocycles. The zero-order chi connectivity index (χ0) is 19.8. The number of hydrogen-bond donors (Lipinski definition) is 4. The van der Waals surface area contributed by atoms with Crippen LogP contribution in [0.1, 0.15) is 46.0 Å². The molecule has 0 saturated carbocycles. The molecule has 0 spiro atoms. The highest BCUT2D eigenvalue weighted by Gasteiger charge is 2.23. The second-order valence-corrected chi connectivity index (χ2v) is 7.09. The van der Waals surface area contributed by atoms with Gasteiger partial charge < -0.3 is 21.3 Å². The Bertz CT molecular complexity index is 460. The Morgan fingerprint density at radius 2 is 1.69 bits per heavy atom. The first-order valence-corrected chi connectivity index (χ1v) is 10.0. The second-order valence-electron chi connectivity index (χ2n) is 5.82. The molecule has 0 fully saturated rings. The molecule has 0 aliphatic heterocycles. The van der Waals surface area contributed by atoms with E-state index >= 15 is 0 Å². The highest BCUT2D eigenvalue weighted by molar-refractivity contribution is 8.13. The molecule has 0 aliphatic rings. The van der Waals surface area contributed by atoms with Crippen LogP contribution in [-0.2, 0) is 19.2 Å². The van der Waals surface area contributed by atoms with Crippen molar-refractivity contribution in [1.29, 1.82) is 0 Å². The fraction of sp³-hybridized carbons (Fsp3) is 0.765. The number of rotatable bonds is 14. The zero-order valence-corrected chi connectivity index (χ0v) is 16.8. The van der Waals surface area contributed by atoms with E-state index in [9.17, 15) is 19.2 Å². The van der Waals surface area contributed by atoms with Crippen molar-refractivity contribution in [2.24, 2.45) is 0 Å². The Morgan fingerprint density at radius 1 is 0.962 bits per heavy atom. The van der Waals surface area contributed by atoms with E-state index in [-0.39, 0.29) is 29.3 Å². The van der Waals surface area contributed by atoms with Gasteiger partial charge >= 0.3 is 0 Å². The molecule has 1 atom stereocenters. The fourth-order valence-corrected chi connectivity index (χ4v) is 2.78. The molecule has 0 aromatic rings. The van der Waals surface area contributed by atoms with Gasteiger partial charge in [0, 0.05) is 38.7 Å². The van der Waals surface area contributed by atoms with Crippen molar-refractivity contribution in [1.82, 2.24) is 21.3 Å². The van der Waals surface area contributed by atoms with Crippen LogP contribution >= 0.6 is 11.8 Å². The van der Waals surface area contributed by atoms with Gasteiger partial charge in [-0.05, 0) is 26.8 Å². The van der Waals surface area contributed by atoms with Gasteiger partial charge in [-0.2, -0.15) is 0 Å². The maximum atomic E-state index is 12.2. The fourth-order valence-electron chi connectivity index (χ4n) is 2.14. The zero-order valence-electron chi connectivity index (χ0n) is 16.0. The molecule has 0 aromatic heterocycles. The minimum absolute atomic E-state index is 0.0831. The third-order valence-electron chi connectivity index (χ3n) is 3.44. The summed E-state index contributed by atoms with van der Waals surface area (Å²) in [6, 6.07) is -0.876. The van der Waals surface area contributed by atoms with Crippen LogP contribution in [0.5, 0.6) is 0 Å². The summed E-state index contributed by atoms with van der Waals surface area (Å²) in [5.41, 5.74) is 0. The van der Waals surface area contributed by atoms with Crippen molar-refractivity contribution in [3.05, 3.63) is 0 Å². The summed E-state index contributed by atoms with van der Waals surface area (Å²) < 4.78 is 0. The topological polar surface area (TPSA) is 116 Å². The average Bonchev–Trinajstić information content (AvgIpc) is 2.57. The largest absolute Gasteiger partial charge is 0.356 e. The molecular weight excluding hydrogens is 356 g/mol. The molecule has 8 nitrogen and oxygen atoms in total. The third-order valence-corrected chi connectivity index (χ3v) is 4.34. The molecule has 150 valence electrons. The summed E-state index contributed by atoms with van der Waals surface area (Å²) in [6.07, 6.45) is 2.59. The van der Waals surface area contributed by atoms with Gasteiger partial charge in [0.2, 0.25) is 17.7 Å². The molecular formula is C17H32N4O4S. The summed E-state index contributed by atoms with van der Waals surface area (Å²) in [4.78, 5) is 46.9. The summed E-state index contributed by atoms with van der Waals surface area (Å²) >= 11 is 1.28. The molecule has 0 aromatic carbocycles. The van der Waals surface area contributed by atoms with Gasteiger partial charge in [0.05, 0.1) is 6.42 Å². The Kier molecular flexibility index (Phi) is 14.7. The predicted molar refractivity (Wildman–Crippen MR) is 104 cm³/mol. The van der Waals surface area contributed by atoms with Crippen LogP contribution in [0.25, 0.3) is 0 Å². The van der Waals surface area contributed by atoms with E-state index in [1.165, 1.54) is 18.7 Å². The number of thioether (sulfide) groups is 1. The molecule has 9 heteroatoms. The molecule has 0 rings (SSSR count). The smallest absolute Gasteiger partial charge is 0.243 e. The van der Waals surface area contributed by atoms with Crippen LogP contribution in [0.4, 0.5) is 0 Å². The van der Waals surface area contributed by atoms with E-state index in [0.29, 0.717) is 32.5 Å². The van der Waals surface area contributed by atoms with Crippen LogP contribution in [-0.4, -0.2) is 61.3 Å². The molecule has 4 N–H and O–H groups in total. The normalized spacial score (nSPS) is 11.5. The highest BCUT2D eigenvalue weighted by Crippen LogP contribution is 2.08. The maximum absolute atomic E-state index is 12.2. The predicted octanol–water partition coefficient (Wildman–Crippen LogP) is 0.173. The van der Waals surface area contributed by atoms with Gasteiger partial charge in [-0.3, -0.25) is 19.2 Å². The number of carbonyl (C=O) groups excluding carboxylic acids is 4. The lowest BCUT2D eigenvalue weighted by molar-refractivity contribution is -0.131. The molecule has 0 radical (unpaired) electrons. The Balaban J connectivity index is 4.31. The lowest BCUT2D eigenvalue weighted by Gasteiger charge is -2.18. The standard InChI is InChI=1S/C17H32N4O4S/c1-4-19-16(24)12-14(17(25)20-10-9-18-3)21-15(23)8-6-5-7-11-26-13(2)22/h14,18H,4-12H2,1-3H3,(H,19,24)(H,20,25)(H,21,23)/t14-/m0/s1. The Morgan fingerprint density at radius 3 is 2.31 bits per heavy atom. The van der Waals surface area contributed by atoms with Gasteiger partial charge in [-0.1, -0.05) is 18.2 Å². The summed E-state index contributed by atoms with van der Waals surface area (Å²) in [5, 5.41) is 11.0. The van der Waals surface area contributed by atoms with Crippen LogP contribution in [0.2, 0.25) is 0 Å². The number of amides is 3. The van der Waals surface area contributed by atoms with Crippen LogP contribution in [0.3, 0.4) is 0 Å². The molecule has 0 unspecified atom stereocenters. The number of carbonyl (C=O) groups is 4. The van der Waals surface area contributed by atoms with Crippen LogP contribution < -0.4 is 21.3 Å².